The number of carboxylic acid groups (broad SMARTS) is 1. The summed E-state index contributed by atoms with van der Waals surface area (Å²) in [5.41, 5.74) is 1.83. The molecule has 0 saturated heterocycles. The average Bonchev–Trinajstić information content (AvgIpc) is 2.17. The minimum absolute atomic E-state index is 0.261. The molecule has 1 aromatic rings. The molecule has 0 aliphatic heterocycles. The van der Waals surface area contributed by atoms with Crippen molar-refractivity contribution in [3.05, 3.63) is 23.5 Å². The molecule has 1 heterocycles. The van der Waals surface area contributed by atoms with Crippen LogP contribution in [0.4, 0.5) is 5.69 Å². The molecule has 0 aliphatic carbocycles. The Bertz CT molecular complexity index is 364. The second kappa shape index (κ2) is 4.77. The van der Waals surface area contributed by atoms with E-state index < -0.39 is 5.97 Å². The number of aryl methyl sites for hydroxylation is 1. The van der Waals surface area contributed by atoms with E-state index >= 15 is 0 Å². The van der Waals surface area contributed by atoms with Crippen molar-refractivity contribution in [2.24, 2.45) is 0 Å². The van der Waals surface area contributed by atoms with Gasteiger partial charge < -0.3 is 10.0 Å². The summed E-state index contributed by atoms with van der Waals surface area (Å²) >= 11 is 0. The summed E-state index contributed by atoms with van der Waals surface area (Å²) in [6.45, 7) is 4.75. The number of aromatic carboxylic acids is 1. The minimum Gasteiger partial charge on any atom is -0.478 e. The molecular formula is C11H16N2O2. The minimum atomic E-state index is -0.930. The number of nitrogens with zero attached hydrogens (tertiary/aromatic N) is 2. The lowest BCUT2D eigenvalue weighted by atomic mass is 10.2. The molecule has 0 aromatic carbocycles. The van der Waals surface area contributed by atoms with E-state index in [0.29, 0.717) is 0 Å². The van der Waals surface area contributed by atoms with Gasteiger partial charge in [-0.1, -0.05) is 6.92 Å². The Morgan fingerprint density at radius 1 is 1.60 bits per heavy atom. The fraction of sp³-hybridized carbons (Fsp3) is 0.455. The van der Waals surface area contributed by atoms with Crippen molar-refractivity contribution in [1.82, 2.24) is 4.98 Å². The zero-order valence-electron chi connectivity index (χ0n) is 9.32. The maximum atomic E-state index is 11.0. The van der Waals surface area contributed by atoms with Gasteiger partial charge in [-0.15, -0.1) is 0 Å². The van der Waals surface area contributed by atoms with Gasteiger partial charge in [0, 0.05) is 25.5 Å². The van der Waals surface area contributed by atoms with Gasteiger partial charge in [0.1, 0.15) is 5.56 Å². The molecule has 0 atom stereocenters. The van der Waals surface area contributed by atoms with Gasteiger partial charge in [-0.05, 0) is 19.4 Å². The first-order chi connectivity index (χ1) is 7.06. The third kappa shape index (κ3) is 2.68. The average molecular weight is 208 g/mol. The van der Waals surface area contributed by atoms with Crippen LogP contribution in [0.15, 0.2) is 12.3 Å². The molecule has 15 heavy (non-hydrogen) atoms. The standard InChI is InChI=1S/C11H16N2O2/c1-4-5-13(3)10-6-8(2)12-7-9(10)11(14)15/h6-7H,4-5H2,1-3H3,(H,14,15). The summed E-state index contributed by atoms with van der Waals surface area (Å²) in [6, 6.07) is 1.80. The van der Waals surface area contributed by atoms with E-state index in [4.69, 9.17) is 5.11 Å². The molecule has 1 aromatic heterocycles. The highest BCUT2D eigenvalue weighted by molar-refractivity contribution is 5.94. The fourth-order valence-electron chi connectivity index (χ4n) is 1.48. The van der Waals surface area contributed by atoms with Crippen molar-refractivity contribution in [3.63, 3.8) is 0 Å². The lowest BCUT2D eigenvalue weighted by Gasteiger charge is -2.20. The molecule has 0 saturated carbocycles. The Labute approximate surface area is 89.6 Å². The van der Waals surface area contributed by atoms with E-state index in [1.165, 1.54) is 6.20 Å². The molecular weight excluding hydrogens is 192 g/mol. The largest absolute Gasteiger partial charge is 0.478 e. The van der Waals surface area contributed by atoms with Gasteiger partial charge in [0.25, 0.3) is 0 Å². The van der Waals surface area contributed by atoms with Crippen molar-refractivity contribution in [3.8, 4) is 0 Å². The van der Waals surface area contributed by atoms with E-state index in [9.17, 15) is 4.79 Å². The molecule has 0 amide bonds. The van der Waals surface area contributed by atoms with Gasteiger partial charge in [-0.3, -0.25) is 4.98 Å². The lowest BCUT2D eigenvalue weighted by Crippen LogP contribution is -2.21. The number of hydrogen-bond acceptors (Lipinski definition) is 3. The van der Waals surface area contributed by atoms with E-state index in [-0.39, 0.29) is 5.56 Å². The first-order valence-electron chi connectivity index (χ1n) is 4.97. The van der Waals surface area contributed by atoms with Gasteiger partial charge in [0.05, 0.1) is 5.69 Å². The quantitative estimate of drug-likeness (QED) is 0.821. The Morgan fingerprint density at radius 2 is 2.27 bits per heavy atom. The molecule has 0 aliphatic rings. The van der Waals surface area contributed by atoms with Crippen molar-refractivity contribution < 1.29 is 9.90 Å². The van der Waals surface area contributed by atoms with Crippen LogP contribution in [0.25, 0.3) is 0 Å². The van der Waals surface area contributed by atoms with Crippen LogP contribution in [-0.4, -0.2) is 29.7 Å². The number of anilines is 1. The van der Waals surface area contributed by atoms with E-state index in [2.05, 4.69) is 11.9 Å². The van der Waals surface area contributed by atoms with Gasteiger partial charge in [0.15, 0.2) is 0 Å². The Morgan fingerprint density at radius 3 is 2.80 bits per heavy atom. The second-order valence-corrected chi connectivity index (χ2v) is 3.57. The van der Waals surface area contributed by atoms with Crippen LogP contribution < -0.4 is 4.90 Å². The van der Waals surface area contributed by atoms with Crippen LogP contribution in [0.5, 0.6) is 0 Å². The maximum Gasteiger partial charge on any atom is 0.339 e. The van der Waals surface area contributed by atoms with Crippen LogP contribution in [0.3, 0.4) is 0 Å². The molecule has 0 unspecified atom stereocenters. The number of carbonyl (C=O) groups is 1. The predicted octanol–water partition coefficient (Wildman–Crippen LogP) is 1.93. The van der Waals surface area contributed by atoms with Gasteiger partial charge in [-0.2, -0.15) is 0 Å². The first kappa shape index (κ1) is 11.5. The summed E-state index contributed by atoms with van der Waals surface area (Å²) in [5, 5.41) is 9.01. The summed E-state index contributed by atoms with van der Waals surface area (Å²) in [4.78, 5) is 16.9. The van der Waals surface area contributed by atoms with Crippen LogP contribution in [0.1, 0.15) is 29.4 Å². The molecule has 0 bridgehead atoms. The molecule has 4 nitrogen and oxygen atoms in total. The number of carboxylic acids is 1. The monoisotopic (exact) mass is 208 g/mol. The highest BCUT2D eigenvalue weighted by Gasteiger charge is 2.13. The summed E-state index contributed by atoms with van der Waals surface area (Å²) < 4.78 is 0. The molecule has 0 spiro atoms. The highest BCUT2D eigenvalue weighted by atomic mass is 16.4. The molecule has 82 valence electrons. The lowest BCUT2D eigenvalue weighted by molar-refractivity contribution is 0.0697. The van der Waals surface area contributed by atoms with Crippen LogP contribution in [-0.2, 0) is 0 Å². The second-order valence-electron chi connectivity index (χ2n) is 3.57. The van der Waals surface area contributed by atoms with Crippen LogP contribution in [0, 0.1) is 6.92 Å². The van der Waals surface area contributed by atoms with Crippen molar-refractivity contribution in [1.29, 1.82) is 0 Å². The Balaban J connectivity index is 3.12. The van der Waals surface area contributed by atoms with Gasteiger partial charge in [0.2, 0.25) is 0 Å². The van der Waals surface area contributed by atoms with E-state index in [0.717, 1.165) is 24.3 Å². The molecule has 1 rings (SSSR count). The molecule has 4 heteroatoms. The molecule has 0 fully saturated rings. The third-order valence-corrected chi connectivity index (χ3v) is 2.22. The normalized spacial score (nSPS) is 10.1. The van der Waals surface area contributed by atoms with Crippen LogP contribution >= 0.6 is 0 Å². The SMILES string of the molecule is CCCN(C)c1cc(C)ncc1C(=O)O. The van der Waals surface area contributed by atoms with E-state index in [1.807, 2.05) is 18.9 Å². The number of pyridine rings is 1. The topological polar surface area (TPSA) is 53.4 Å². The van der Waals surface area contributed by atoms with Crippen molar-refractivity contribution in [2.45, 2.75) is 20.3 Å². The van der Waals surface area contributed by atoms with E-state index in [1.54, 1.807) is 6.07 Å². The smallest absolute Gasteiger partial charge is 0.339 e. The summed E-state index contributed by atoms with van der Waals surface area (Å²) in [5.74, 6) is -0.930. The molecule has 1 N–H and O–H groups in total. The van der Waals surface area contributed by atoms with Crippen LogP contribution in [0.2, 0.25) is 0 Å². The Kier molecular flexibility index (Phi) is 3.66. The molecule has 0 radical (unpaired) electrons. The Hall–Kier alpha value is -1.58. The predicted molar refractivity (Wildman–Crippen MR) is 59.5 cm³/mol. The zero-order chi connectivity index (χ0) is 11.4. The van der Waals surface area contributed by atoms with Crippen molar-refractivity contribution >= 4 is 11.7 Å². The number of aromatic nitrogens is 1. The maximum absolute atomic E-state index is 11.0. The zero-order valence-corrected chi connectivity index (χ0v) is 9.32. The van der Waals surface area contributed by atoms with Crippen molar-refractivity contribution in [2.75, 3.05) is 18.5 Å². The first-order valence-corrected chi connectivity index (χ1v) is 4.97. The summed E-state index contributed by atoms with van der Waals surface area (Å²) in [6.07, 6.45) is 2.40. The fourth-order valence-corrected chi connectivity index (χ4v) is 1.48. The van der Waals surface area contributed by atoms with Gasteiger partial charge >= 0.3 is 5.97 Å². The number of hydrogen-bond donors (Lipinski definition) is 1. The summed E-state index contributed by atoms with van der Waals surface area (Å²) in [7, 11) is 1.89. The van der Waals surface area contributed by atoms with Gasteiger partial charge in [-0.25, -0.2) is 4.79 Å². The number of rotatable bonds is 4. The highest BCUT2D eigenvalue weighted by Crippen LogP contribution is 2.19. The third-order valence-electron chi connectivity index (χ3n) is 2.22.